The highest BCUT2D eigenvalue weighted by Gasteiger charge is 2.79. The van der Waals surface area contributed by atoms with E-state index in [1.807, 2.05) is 0 Å². The van der Waals surface area contributed by atoms with Crippen molar-refractivity contribution in [1.82, 2.24) is 0 Å². The van der Waals surface area contributed by atoms with E-state index < -0.39 is 60.9 Å². The van der Waals surface area contributed by atoms with Crippen LogP contribution in [0.15, 0.2) is 0 Å². The highest BCUT2D eigenvalue weighted by Crippen LogP contribution is 2.46. The Bertz CT molecular complexity index is 541. The van der Waals surface area contributed by atoms with Crippen molar-refractivity contribution in [3.05, 3.63) is 0 Å². The number of carbonyl (C=O) groups excluding carboxylic acids is 3. The fraction of sp³-hybridized carbons (Fsp3) is 0.786. The first-order valence-electron chi connectivity index (χ1n) is 7.18. The molecule has 0 unspecified atom stereocenters. The Morgan fingerprint density at radius 2 is 1.04 bits per heavy atom. The van der Waals surface area contributed by atoms with Gasteiger partial charge >= 0.3 is 35.7 Å². The van der Waals surface area contributed by atoms with Gasteiger partial charge in [-0.15, -0.1) is 0 Å². The molecule has 0 aliphatic heterocycles. The summed E-state index contributed by atoms with van der Waals surface area (Å²) in [4.78, 5) is 33.3. The monoisotopic (exact) mass is 396 g/mol. The quantitative estimate of drug-likeness (QED) is 0.272. The van der Waals surface area contributed by atoms with E-state index in [0.717, 1.165) is 6.92 Å². The van der Waals surface area contributed by atoms with Gasteiger partial charge in [-0.2, -0.15) is 26.3 Å². The second-order valence-corrected chi connectivity index (χ2v) is 5.97. The lowest BCUT2D eigenvalue weighted by molar-refractivity contribution is -0.301. The van der Waals surface area contributed by atoms with Crippen molar-refractivity contribution in [2.75, 3.05) is 19.8 Å². The van der Waals surface area contributed by atoms with Crippen molar-refractivity contribution in [3.63, 3.8) is 0 Å². The molecule has 0 aromatic carbocycles. The van der Waals surface area contributed by atoms with E-state index in [1.165, 1.54) is 20.8 Å². The van der Waals surface area contributed by atoms with Crippen LogP contribution in [0.2, 0.25) is 0 Å². The first kappa shape index (κ1) is 24.0. The van der Waals surface area contributed by atoms with Crippen LogP contribution in [0.25, 0.3) is 0 Å². The van der Waals surface area contributed by atoms with Crippen LogP contribution in [-0.2, 0) is 28.6 Å². The zero-order valence-corrected chi connectivity index (χ0v) is 14.3. The van der Waals surface area contributed by atoms with Crippen molar-refractivity contribution < 1.29 is 54.9 Å². The number of esters is 3. The van der Waals surface area contributed by atoms with Gasteiger partial charge in [0.1, 0.15) is 13.2 Å². The van der Waals surface area contributed by atoms with Crippen molar-refractivity contribution >= 4 is 17.9 Å². The predicted molar refractivity (Wildman–Crippen MR) is 72.8 cm³/mol. The van der Waals surface area contributed by atoms with Crippen LogP contribution in [0, 0.1) is 5.41 Å². The highest BCUT2D eigenvalue weighted by molar-refractivity contribution is 5.84. The molecule has 12 heteroatoms. The summed E-state index contributed by atoms with van der Waals surface area (Å²) in [5.74, 6) is -25.2. The average molecular weight is 396 g/mol. The summed E-state index contributed by atoms with van der Waals surface area (Å²) < 4.78 is 92.2. The van der Waals surface area contributed by atoms with Crippen molar-refractivity contribution in [2.24, 2.45) is 5.41 Å². The van der Waals surface area contributed by atoms with Gasteiger partial charge in [0.05, 0.1) is 12.0 Å². The van der Waals surface area contributed by atoms with E-state index >= 15 is 0 Å². The second-order valence-electron chi connectivity index (χ2n) is 5.97. The Kier molecular flexibility index (Phi) is 7.50. The lowest BCUT2D eigenvalue weighted by Crippen LogP contribution is -2.61. The lowest BCUT2D eigenvalue weighted by atomic mass is 9.97. The van der Waals surface area contributed by atoms with E-state index in [2.05, 4.69) is 14.2 Å². The van der Waals surface area contributed by atoms with Crippen LogP contribution in [0.5, 0.6) is 0 Å². The normalized spacial score (nSPS) is 13.2. The first-order chi connectivity index (χ1) is 11.5. The Morgan fingerprint density at radius 1 is 0.692 bits per heavy atom. The molecule has 0 heterocycles. The molecule has 0 aliphatic rings. The van der Waals surface area contributed by atoms with Gasteiger partial charge in [-0.25, -0.2) is 9.59 Å². The molecular weight excluding hydrogens is 378 g/mol. The molecule has 0 radical (unpaired) electrons. The number of ether oxygens (including phenoxy) is 3. The molecule has 0 aliphatic carbocycles. The molecule has 0 saturated carbocycles. The Morgan fingerprint density at radius 3 is 1.38 bits per heavy atom. The molecule has 0 atom stereocenters. The summed E-state index contributed by atoms with van der Waals surface area (Å²) in [6.07, 6.45) is 0. The number of halogens is 6. The lowest BCUT2D eigenvalue weighted by Gasteiger charge is -2.29. The molecule has 0 aromatic rings. The average Bonchev–Trinajstić information content (AvgIpc) is 2.49. The number of rotatable bonds is 8. The van der Waals surface area contributed by atoms with Crippen LogP contribution in [0.4, 0.5) is 26.3 Å². The fourth-order valence-electron chi connectivity index (χ4n) is 1.25. The maximum Gasteiger partial charge on any atom is 0.411 e. The van der Waals surface area contributed by atoms with Gasteiger partial charge in [-0.1, -0.05) is 0 Å². The summed E-state index contributed by atoms with van der Waals surface area (Å²) in [5, 5.41) is 0. The maximum absolute atomic E-state index is 13.4. The van der Waals surface area contributed by atoms with Crippen LogP contribution >= 0.6 is 0 Å². The van der Waals surface area contributed by atoms with E-state index in [9.17, 15) is 40.7 Å². The fourth-order valence-corrected chi connectivity index (χ4v) is 1.25. The largest absolute Gasteiger partial charge is 0.462 e. The Balaban J connectivity index is 4.99. The molecule has 0 rings (SSSR count). The summed E-state index contributed by atoms with van der Waals surface area (Å²) in [5.41, 5.74) is -0.970. The van der Waals surface area contributed by atoms with E-state index in [4.69, 9.17) is 0 Å². The second kappa shape index (κ2) is 8.12. The van der Waals surface area contributed by atoms with Crippen LogP contribution in [-0.4, -0.2) is 55.5 Å². The molecule has 0 spiro atoms. The number of carbonyl (C=O) groups is 3. The minimum absolute atomic E-state index is 0.766. The molecule has 0 aromatic heterocycles. The van der Waals surface area contributed by atoms with E-state index in [0.29, 0.717) is 0 Å². The summed E-state index contributed by atoms with van der Waals surface area (Å²) in [7, 11) is 0. The standard InChI is InChI=1S/C14H18F6O6/c1-5-24-9(22)12(15,16)14(19,20)13(17,18)10(23)26-7-6-25-8(21)11(2,3)4/h5-7H2,1-4H3. The number of hydrogen-bond acceptors (Lipinski definition) is 6. The predicted octanol–water partition coefficient (Wildman–Crippen LogP) is 2.59. The minimum atomic E-state index is -6.41. The Labute approximate surface area is 144 Å². The molecule has 6 nitrogen and oxygen atoms in total. The van der Waals surface area contributed by atoms with E-state index in [-0.39, 0.29) is 0 Å². The van der Waals surface area contributed by atoms with Gasteiger partial charge in [-0.3, -0.25) is 4.79 Å². The van der Waals surface area contributed by atoms with Gasteiger partial charge in [0.2, 0.25) is 0 Å². The highest BCUT2D eigenvalue weighted by atomic mass is 19.3. The molecule has 0 bridgehead atoms. The van der Waals surface area contributed by atoms with Gasteiger partial charge in [0.25, 0.3) is 0 Å². The zero-order chi connectivity index (χ0) is 21.0. The van der Waals surface area contributed by atoms with Gasteiger partial charge in [-0.05, 0) is 27.7 Å². The first-order valence-corrected chi connectivity index (χ1v) is 7.18. The third-order valence-electron chi connectivity index (χ3n) is 2.74. The molecule has 152 valence electrons. The molecule has 26 heavy (non-hydrogen) atoms. The summed E-state index contributed by atoms with van der Waals surface area (Å²) in [6.45, 7) is 2.71. The molecule has 0 N–H and O–H groups in total. The molecule has 0 saturated heterocycles. The van der Waals surface area contributed by atoms with Crippen LogP contribution in [0.1, 0.15) is 27.7 Å². The smallest absolute Gasteiger partial charge is 0.411 e. The van der Waals surface area contributed by atoms with Gasteiger partial charge in [0, 0.05) is 0 Å². The van der Waals surface area contributed by atoms with Crippen molar-refractivity contribution in [1.29, 1.82) is 0 Å². The van der Waals surface area contributed by atoms with Gasteiger partial charge < -0.3 is 14.2 Å². The van der Waals surface area contributed by atoms with Crippen LogP contribution in [0.3, 0.4) is 0 Å². The molecule has 0 amide bonds. The van der Waals surface area contributed by atoms with Gasteiger partial charge in [0.15, 0.2) is 0 Å². The topological polar surface area (TPSA) is 78.9 Å². The Hall–Kier alpha value is -2.01. The number of alkyl halides is 6. The van der Waals surface area contributed by atoms with E-state index in [1.54, 1.807) is 0 Å². The van der Waals surface area contributed by atoms with Crippen molar-refractivity contribution in [3.8, 4) is 0 Å². The summed E-state index contributed by atoms with van der Waals surface area (Å²) in [6, 6.07) is 0. The van der Waals surface area contributed by atoms with Crippen LogP contribution < -0.4 is 0 Å². The molecule has 0 fully saturated rings. The SMILES string of the molecule is CCOC(=O)C(F)(F)C(F)(F)C(F)(F)C(=O)OCCOC(=O)C(C)(C)C. The minimum Gasteiger partial charge on any atom is -0.462 e. The third-order valence-corrected chi connectivity index (χ3v) is 2.74. The van der Waals surface area contributed by atoms with Crippen molar-refractivity contribution in [2.45, 2.75) is 45.5 Å². The number of hydrogen-bond donors (Lipinski definition) is 0. The molecular formula is C14H18F6O6. The third kappa shape index (κ3) is 5.01. The zero-order valence-electron chi connectivity index (χ0n) is 14.3. The summed E-state index contributed by atoms with van der Waals surface area (Å²) >= 11 is 0. The maximum atomic E-state index is 13.4.